The number of hydrogen-bond donors (Lipinski definition) is 2. The minimum absolute atomic E-state index is 0.0675. The zero-order chi connectivity index (χ0) is 11.3. The summed E-state index contributed by atoms with van der Waals surface area (Å²) in [6.45, 7) is 3.65. The molecule has 0 radical (unpaired) electrons. The zero-order valence-corrected chi connectivity index (χ0v) is 9.13. The average Bonchev–Trinajstić information content (AvgIpc) is 2.17. The van der Waals surface area contributed by atoms with Crippen molar-refractivity contribution < 1.29 is 8.42 Å². The fourth-order valence-electron chi connectivity index (χ4n) is 1.04. The van der Waals surface area contributed by atoms with E-state index in [9.17, 15) is 8.42 Å². The SMILES string of the molecule is C=CCS(=O)(=O)NCc1ccc(N)cc1. The van der Waals surface area contributed by atoms with Crippen LogP contribution in [-0.4, -0.2) is 14.2 Å². The van der Waals surface area contributed by atoms with Gasteiger partial charge in [0.1, 0.15) is 0 Å². The van der Waals surface area contributed by atoms with E-state index in [1.165, 1.54) is 6.08 Å². The summed E-state index contributed by atoms with van der Waals surface area (Å²) in [4.78, 5) is 0. The fourth-order valence-corrected chi connectivity index (χ4v) is 1.86. The highest BCUT2D eigenvalue weighted by Crippen LogP contribution is 2.05. The number of rotatable bonds is 5. The highest BCUT2D eigenvalue weighted by molar-refractivity contribution is 7.89. The van der Waals surface area contributed by atoms with Crippen molar-refractivity contribution >= 4 is 15.7 Å². The van der Waals surface area contributed by atoms with Crippen molar-refractivity contribution in [3.8, 4) is 0 Å². The molecule has 0 saturated carbocycles. The first-order valence-electron chi connectivity index (χ1n) is 4.46. The summed E-state index contributed by atoms with van der Waals surface area (Å²) < 4.78 is 25.0. The maximum atomic E-state index is 11.3. The molecule has 3 N–H and O–H groups in total. The van der Waals surface area contributed by atoms with Gasteiger partial charge in [-0.05, 0) is 17.7 Å². The molecule has 0 aliphatic heterocycles. The van der Waals surface area contributed by atoms with Crippen molar-refractivity contribution in [2.75, 3.05) is 11.5 Å². The van der Waals surface area contributed by atoms with Crippen molar-refractivity contribution in [3.63, 3.8) is 0 Å². The molecular formula is C10H14N2O2S. The molecular weight excluding hydrogens is 212 g/mol. The van der Waals surface area contributed by atoms with Crippen LogP contribution < -0.4 is 10.5 Å². The molecule has 0 atom stereocenters. The maximum Gasteiger partial charge on any atom is 0.215 e. The van der Waals surface area contributed by atoms with Gasteiger partial charge in [-0.1, -0.05) is 18.2 Å². The summed E-state index contributed by atoms with van der Waals surface area (Å²) in [5.74, 6) is -0.0675. The van der Waals surface area contributed by atoms with Gasteiger partial charge in [0.15, 0.2) is 0 Å². The molecule has 1 rings (SSSR count). The first kappa shape index (κ1) is 11.7. The van der Waals surface area contributed by atoms with Crippen molar-refractivity contribution in [1.82, 2.24) is 4.72 Å². The van der Waals surface area contributed by atoms with Gasteiger partial charge in [0.2, 0.25) is 10.0 Å². The molecule has 15 heavy (non-hydrogen) atoms. The highest BCUT2D eigenvalue weighted by Gasteiger charge is 2.06. The summed E-state index contributed by atoms with van der Waals surface area (Å²) in [5, 5.41) is 0. The predicted molar refractivity (Wildman–Crippen MR) is 61.7 cm³/mol. The van der Waals surface area contributed by atoms with Gasteiger partial charge in [-0.25, -0.2) is 13.1 Å². The van der Waals surface area contributed by atoms with E-state index in [1.54, 1.807) is 24.3 Å². The highest BCUT2D eigenvalue weighted by atomic mass is 32.2. The molecule has 4 nitrogen and oxygen atoms in total. The van der Waals surface area contributed by atoms with Crippen LogP contribution in [0.5, 0.6) is 0 Å². The summed E-state index contributed by atoms with van der Waals surface area (Å²) in [7, 11) is -3.24. The molecule has 0 aliphatic carbocycles. The Balaban J connectivity index is 2.57. The van der Waals surface area contributed by atoms with Crippen LogP contribution in [0.15, 0.2) is 36.9 Å². The molecule has 0 fully saturated rings. The van der Waals surface area contributed by atoms with Crippen LogP contribution in [0, 0.1) is 0 Å². The van der Waals surface area contributed by atoms with E-state index in [2.05, 4.69) is 11.3 Å². The average molecular weight is 226 g/mol. The zero-order valence-electron chi connectivity index (χ0n) is 8.31. The van der Waals surface area contributed by atoms with E-state index in [4.69, 9.17) is 5.73 Å². The van der Waals surface area contributed by atoms with E-state index < -0.39 is 10.0 Å². The largest absolute Gasteiger partial charge is 0.399 e. The quantitative estimate of drug-likeness (QED) is 0.578. The van der Waals surface area contributed by atoms with Crippen LogP contribution in [-0.2, 0) is 16.6 Å². The van der Waals surface area contributed by atoms with E-state index in [0.29, 0.717) is 5.69 Å². The third-order valence-corrected chi connectivity index (χ3v) is 3.07. The molecule has 0 bridgehead atoms. The molecule has 82 valence electrons. The summed E-state index contributed by atoms with van der Waals surface area (Å²) >= 11 is 0. The fraction of sp³-hybridized carbons (Fsp3) is 0.200. The number of nitrogens with two attached hydrogens (primary N) is 1. The Morgan fingerprint density at radius 2 is 1.93 bits per heavy atom. The number of anilines is 1. The second kappa shape index (κ2) is 4.95. The minimum Gasteiger partial charge on any atom is -0.399 e. The van der Waals surface area contributed by atoms with Gasteiger partial charge in [-0.3, -0.25) is 0 Å². The Hall–Kier alpha value is -1.33. The third kappa shape index (κ3) is 4.14. The topological polar surface area (TPSA) is 72.2 Å². The first-order chi connectivity index (χ1) is 7.03. The van der Waals surface area contributed by atoms with E-state index in [-0.39, 0.29) is 12.3 Å². The van der Waals surface area contributed by atoms with Crippen LogP contribution in [0.25, 0.3) is 0 Å². The van der Waals surface area contributed by atoms with Crippen LogP contribution >= 0.6 is 0 Å². The monoisotopic (exact) mass is 226 g/mol. The Kier molecular flexibility index (Phi) is 3.88. The first-order valence-corrected chi connectivity index (χ1v) is 6.11. The van der Waals surface area contributed by atoms with Gasteiger partial charge in [0, 0.05) is 12.2 Å². The predicted octanol–water partition coefficient (Wildman–Crippen LogP) is 0.874. The number of benzene rings is 1. The second-order valence-corrected chi connectivity index (χ2v) is 4.98. The van der Waals surface area contributed by atoms with E-state index >= 15 is 0 Å². The number of hydrogen-bond acceptors (Lipinski definition) is 3. The Labute approximate surface area is 89.9 Å². The van der Waals surface area contributed by atoms with Gasteiger partial charge < -0.3 is 5.73 Å². The van der Waals surface area contributed by atoms with Gasteiger partial charge in [-0.2, -0.15) is 0 Å². The number of nitrogen functional groups attached to an aromatic ring is 1. The lowest BCUT2D eigenvalue weighted by atomic mass is 10.2. The standard InChI is InChI=1S/C10H14N2O2S/c1-2-7-15(13,14)12-8-9-3-5-10(11)6-4-9/h2-6,12H,1,7-8,11H2. The molecule has 5 heteroatoms. The normalized spacial score (nSPS) is 11.2. The van der Waals surface area contributed by atoms with Gasteiger partial charge in [0.05, 0.1) is 5.75 Å². The molecule has 1 aromatic rings. The van der Waals surface area contributed by atoms with Crippen molar-refractivity contribution in [2.24, 2.45) is 0 Å². The summed E-state index contributed by atoms with van der Waals surface area (Å²) in [5.41, 5.74) is 7.04. The second-order valence-electron chi connectivity index (χ2n) is 3.13. The lowest BCUT2D eigenvalue weighted by Crippen LogP contribution is -2.24. The van der Waals surface area contributed by atoms with Gasteiger partial charge in [0.25, 0.3) is 0 Å². The van der Waals surface area contributed by atoms with Crippen LogP contribution in [0.4, 0.5) is 5.69 Å². The van der Waals surface area contributed by atoms with Crippen LogP contribution in [0.1, 0.15) is 5.56 Å². The van der Waals surface area contributed by atoms with Crippen LogP contribution in [0.3, 0.4) is 0 Å². The minimum atomic E-state index is -3.24. The van der Waals surface area contributed by atoms with Crippen molar-refractivity contribution in [2.45, 2.75) is 6.54 Å². The Morgan fingerprint density at radius 1 is 1.33 bits per heavy atom. The molecule has 0 aromatic heterocycles. The summed E-state index contributed by atoms with van der Waals surface area (Å²) in [6.07, 6.45) is 1.35. The van der Waals surface area contributed by atoms with Gasteiger partial charge in [-0.15, -0.1) is 6.58 Å². The third-order valence-electron chi connectivity index (χ3n) is 1.81. The molecule has 0 aliphatic rings. The smallest absolute Gasteiger partial charge is 0.215 e. The molecule has 0 saturated heterocycles. The van der Waals surface area contributed by atoms with E-state index in [0.717, 1.165) is 5.56 Å². The Bertz CT molecular complexity index is 423. The maximum absolute atomic E-state index is 11.3. The molecule has 0 unspecified atom stereocenters. The lowest BCUT2D eigenvalue weighted by molar-refractivity contribution is 0.584. The van der Waals surface area contributed by atoms with Gasteiger partial charge >= 0.3 is 0 Å². The van der Waals surface area contributed by atoms with E-state index in [1.807, 2.05) is 0 Å². The van der Waals surface area contributed by atoms with Crippen LogP contribution in [0.2, 0.25) is 0 Å². The Morgan fingerprint density at radius 3 is 2.47 bits per heavy atom. The van der Waals surface area contributed by atoms with Crippen molar-refractivity contribution in [3.05, 3.63) is 42.5 Å². The number of sulfonamides is 1. The number of nitrogens with one attached hydrogen (secondary N) is 1. The molecule has 0 amide bonds. The molecule has 0 heterocycles. The lowest BCUT2D eigenvalue weighted by Gasteiger charge is -2.04. The summed E-state index contributed by atoms with van der Waals surface area (Å²) in [6, 6.07) is 7.03. The molecule has 1 aromatic carbocycles. The van der Waals surface area contributed by atoms with Crippen molar-refractivity contribution in [1.29, 1.82) is 0 Å². The molecule has 0 spiro atoms.